The summed E-state index contributed by atoms with van der Waals surface area (Å²) in [5.74, 6) is 5.02. The van der Waals surface area contributed by atoms with E-state index in [0.29, 0.717) is 13.2 Å². The van der Waals surface area contributed by atoms with Crippen molar-refractivity contribution in [2.75, 3.05) is 19.8 Å². The number of amides is 1. The van der Waals surface area contributed by atoms with Gasteiger partial charge in [0.25, 0.3) is 0 Å². The molecule has 1 unspecified atom stereocenters. The van der Waals surface area contributed by atoms with E-state index in [9.17, 15) is 4.79 Å². The van der Waals surface area contributed by atoms with Crippen LogP contribution in [-0.2, 0) is 9.57 Å². The Balaban J connectivity index is 2.48. The van der Waals surface area contributed by atoms with Gasteiger partial charge in [0.05, 0.1) is 19.3 Å². The number of nitrogens with zero attached hydrogens (tertiary/aromatic N) is 1. The van der Waals surface area contributed by atoms with Gasteiger partial charge in [-0.05, 0) is 26.2 Å². The first-order chi connectivity index (χ1) is 6.79. The van der Waals surface area contributed by atoms with Crippen LogP contribution in [-0.4, -0.2) is 36.8 Å². The molecule has 0 spiro atoms. The summed E-state index contributed by atoms with van der Waals surface area (Å²) in [7, 11) is 0. The molecule has 1 aliphatic heterocycles. The summed E-state index contributed by atoms with van der Waals surface area (Å²) in [5.41, 5.74) is 0. The minimum Gasteiger partial charge on any atom is -0.450 e. The quantitative estimate of drug-likeness (QED) is 0.690. The second-order valence-corrected chi connectivity index (χ2v) is 3.38. The molecule has 1 atom stereocenters. The maximum atomic E-state index is 11.5. The van der Waals surface area contributed by atoms with Crippen LogP contribution in [0.4, 0.5) is 4.79 Å². The van der Waals surface area contributed by atoms with Crippen molar-refractivity contribution in [2.24, 2.45) is 5.90 Å². The van der Waals surface area contributed by atoms with E-state index >= 15 is 0 Å². The molecular weight excluding hydrogens is 184 g/mol. The summed E-state index contributed by atoms with van der Waals surface area (Å²) in [4.78, 5) is 17.8. The molecule has 5 nitrogen and oxygen atoms in total. The summed E-state index contributed by atoms with van der Waals surface area (Å²) in [6.07, 6.45) is 2.83. The number of ether oxygens (including phenoxy) is 1. The first-order valence-electron chi connectivity index (χ1n) is 5.04. The molecule has 0 aromatic rings. The molecule has 0 aromatic heterocycles. The molecule has 0 radical (unpaired) electrons. The fourth-order valence-corrected chi connectivity index (χ4v) is 1.73. The number of carbonyl (C=O) groups is 1. The van der Waals surface area contributed by atoms with Gasteiger partial charge in [0.15, 0.2) is 0 Å². The number of hydrogen-bond donors (Lipinski definition) is 1. The summed E-state index contributed by atoms with van der Waals surface area (Å²) in [5, 5.41) is 0. The van der Waals surface area contributed by atoms with Gasteiger partial charge in [-0.2, -0.15) is 0 Å². The molecule has 0 saturated carbocycles. The highest BCUT2D eigenvalue weighted by molar-refractivity contribution is 5.68. The molecule has 0 aliphatic carbocycles. The first kappa shape index (κ1) is 11.3. The average molecular weight is 202 g/mol. The van der Waals surface area contributed by atoms with Crippen molar-refractivity contribution in [1.82, 2.24) is 4.90 Å². The van der Waals surface area contributed by atoms with Crippen LogP contribution in [0.2, 0.25) is 0 Å². The fraction of sp³-hybridized carbons (Fsp3) is 0.889. The van der Waals surface area contributed by atoms with Gasteiger partial charge < -0.3 is 14.5 Å². The topological polar surface area (TPSA) is 64.8 Å². The Morgan fingerprint density at radius 3 is 3.00 bits per heavy atom. The van der Waals surface area contributed by atoms with Crippen LogP contribution in [0.1, 0.15) is 26.2 Å². The van der Waals surface area contributed by atoms with Crippen molar-refractivity contribution in [3.8, 4) is 0 Å². The van der Waals surface area contributed by atoms with E-state index in [-0.39, 0.29) is 12.1 Å². The fourth-order valence-electron chi connectivity index (χ4n) is 1.73. The van der Waals surface area contributed by atoms with Gasteiger partial charge in [-0.3, -0.25) is 0 Å². The normalized spacial score (nSPS) is 22.1. The van der Waals surface area contributed by atoms with Crippen molar-refractivity contribution in [1.29, 1.82) is 0 Å². The second kappa shape index (κ2) is 5.82. The summed E-state index contributed by atoms with van der Waals surface area (Å²) in [6.45, 7) is 3.34. The first-order valence-corrected chi connectivity index (χ1v) is 5.04. The van der Waals surface area contributed by atoms with Gasteiger partial charge >= 0.3 is 6.09 Å². The van der Waals surface area contributed by atoms with E-state index in [1.165, 1.54) is 0 Å². The van der Waals surface area contributed by atoms with Gasteiger partial charge in [-0.25, -0.2) is 10.7 Å². The molecule has 1 saturated heterocycles. The molecule has 0 bridgehead atoms. The lowest BCUT2D eigenvalue weighted by Gasteiger charge is -2.33. The Bertz CT molecular complexity index is 185. The Kier molecular flexibility index (Phi) is 4.69. The predicted molar refractivity (Wildman–Crippen MR) is 51.5 cm³/mol. The van der Waals surface area contributed by atoms with Crippen molar-refractivity contribution in [2.45, 2.75) is 32.2 Å². The SMILES string of the molecule is CCOC(=O)N1CCCCC1CON. The summed E-state index contributed by atoms with van der Waals surface area (Å²) in [6, 6.07) is 0.0767. The van der Waals surface area contributed by atoms with E-state index in [4.69, 9.17) is 10.6 Å². The van der Waals surface area contributed by atoms with Crippen molar-refractivity contribution in [3.05, 3.63) is 0 Å². The number of piperidine rings is 1. The zero-order valence-corrected chi connectivity index (χ0v) is 8.57. The van der Waals surface area contributed by atoms with Crippen LogP contribution >= 0.6 is 0 Å². The minimum atomic E-state index is -0.255. The molecule has 14 heavy (non-hydrogen) atoms. The standard InChI is InChI=1S/C9H18N2O3/c1-2-13-9(12)11-6-4-3-5-8(11)7-14-10/h8H,2-7,10H2,1H3. The van der Waals surface area contributed by atoms with Crippen LogP contribution in [0.15, 0.2) is 0 Å². The molecule has 1 aliphatic rings. The molecule has 82 valence electrons. The van der Waals surface area contributed by atoms with Crippen molar-refractivity contribution >= 4 is 6.09 Å². The third-order valence-corrected chi connectivity index (χ3v) is 2.42. The molecule has 1 amide bonds. The van der Waals surface area contributed by atoms with Gasteiger partial charge in [-0.15, -0.1) is 0 Å². The van der Waals surface area contributed by atoms with E-state index in [2.05, 4.69) is 4.84 Å². The molecule has 1 fully saturated rings. The van der Waals surface area contributed by atoms with E-state index in [1.807, 2.05) is 0 Å². The highest BCUT2D eigenvalue weighted by Crippen LogP contribution is 2.17. The van der Waals surface area contributed by atoms with Gasteiger partial charge in [0.1, 0.15) is 0 Å². The smallest absolute Gasteiger partial charge is 0.410 e. The minimum absolute atomic E-state index is 0.0767. The number of likely N-dealkylation sites (tertiary alicyclic amines) is 1. The van der Waals surface area contributed by atoms with Gasteiger partial charge in [-0.1, -0.05) is 0 Å². The van der Waals surface area contributed by atoms with Crippen molar-refractivity contribution in [3.63, 3.8) is 0 Å². The largest absolute Gasteiger partial charge is 0.450 e. The molecule has 2 N–H and O–H groups in total. The number of hydrogen-bond acceptors (Lipinski definition) is 4. The van der Waals surface area contributed by atoms with Gasteiger partial charge in [0, 0.05) is 6.54 Å². The lowest BCUT2D eigenvalue weighted by atomic mass is 10.0. The predicted octanol–water partition coefficient (Wildman–Crippen LogP) is 0.888. The average Bonchev–Trinajstić information content (AvgIpc) is 2.19. The lowest BCUT2D eigenvalue weighted by Crippen LogP contribution is -2.46. The van der Waals surface area contributed by atoms with Crippen LogP contribution in [0.25, 0.3) is 0 Å². The third kappa shape index (κ3) is 2.85. The third-order valence-electron chi connectivity index (χ3n) is 2.42. The highest BCUT2D eigenvalue weighted by atomic mass is 16.6. The zero-order chi connectivity index (χ0) is 10.4. The lowest BCUT2D eigenvalue weighted by molar-refractivity contribution is 0.0298. The Labute approximate surface area is 84.1 Å². The number of carbonyl (C=O) groups excluding carboxylic acids is 1. The van der Waals surface area contributed by atoms with Crippen LogP contribution in [0.5, 0.6) is 0 Å². The van der Waals surface area contributed by atoms with Crippen LogP contribution in [0.3, 0.4) is 0 Å². The monoisotopic (exact) mass is 202 g/mol. The number of rotatable bonds is 3. The van der Waals surface area contributed by atoms with E-state index in [1.54, 1.807) is 11.8 Å². The Hall–Kier alpha value is -0.810. The number of nitrogens with two attached hydrogens (primary N) is 1. The molecule has 1 heterocycles. The molecule has 0 aromatic carbocycles. The van der Waals surface area contributed by atoms with Crippen LogP contribution in [0, 0.1) is 0 Å². The van der Waals surface area contributed by atoms with Crippen LogP contribution < -0.4 is 5.90 Å². The maximum absolute atomic E-state index is 11.5. The van der Waals surface area contributed by atoms with Gasteiger partial charge in [0.2, 0.25) is 0 Å². The van der Waals surface area contributed by atoms with Crippen molar-refractivity contribution < 1.29 is 14.4 Å². The summed E-state index contributed by atoms with van der Waals surface area (Å²) < 4.78 is 4.95. The molecule has 5 heteroatoms. The highest BCUT2D eigenvalue weighted by Gasteiger charge is 2.27. The summed E-state index contributed by atoms with van der Waals surface area (Å²) >= 11 is 0. The van der Waals surface area contributed by atoms with E-state index in [0.717, 1.165) is 25.8 Å². The second-order valence-electron chi connectivity index (χ2n) is 3.38. The molecular formula is C9H18N2O3. The van der Waals surface area contributed by atoms with E-state index < -0.39 is 0 Å². The molecule has 1 rings (SSSR count). The Morgan fingerprint density at radius 1 is 1.57 bits per heavy atom. The Morgan fingerprint density at radius 2 is 2.36 bits per heavy atom. The maximum Gasteiger partial charge on any atom is 0.410 e. The zero-order valence-electron chi connectivity index (χ0n) is 8.57.